The lowest BCUT2D eigenvalue weighted by Crippen LogP contribution is -2.17. The van der Waals surface area contributed by atoms with E-state index in [1.54, 1.807) is 36.9 Å². The number of ether oxygens (including phenoxy) is 2. The highest BCUT2D eigenvalue weighted by Crippen LogP contribution is 2.29. The molecule has 0 aliphatic rings. The summed E-state index contributed by atoms with van der Waals surface area (Å²) in [6, 6.07) is 13.7. The Morgan fingerprint density at radius 1 is 1.17 bits per heavy atom. The molecule has 1 amide bonds. The zero-order valence-corrected chi connectivity index (χ0v) is 19.5. The van der Waals surface area contributed by atoms with Gasteiger partial charge in [0.25, 0.3) is 0 Å². The topological polar surface area (TPSA) is 65.4 Å². The Morgan fingerprint density at radius 2 is 1.93 bits per heavy atom. The number of thioether (sulfide) groups is 1. The number of benzene rings is 2. The maximum absolute atomic E-state index is 12.5. The van der Waals surface area contributed by atoms with Crippen LogP contribution in [0, 0.1) is 6.92 Å². The minimum absolute atomic E-state index is 0.0354. The third kappa shape index (κ3) is 5.58. The van der Waals surface area contributed by atoms with Crippen LogP contribution in [-0.4, -0.2) is 35.7 Å². The molecular formula is C22H24BrN3O3S. The van der Waals surface area contributed by atoms with Gasteiger partial charge >= 0.3 is 0 Å². The highest BCUT2D eigenvalue weighted by atomic mass is 79.9. The summed E-state index contributed by atoms with van der Waals surface area (Å²) in [5, 5.41) is 7.43. The van der Waals surface area contributed by atoms with Crippen LogP contribution in [0.15, 0.2) is 58.0 Å². The standard InChI is InChI=1S/C22H24BrN3O3S/c1-15-13-24-26(14-16-8-9-18(28-2)19(12-16)29-3)22(15)25-21(27)10-11-30-20-7-5-4-6-17(20)23/h4-9,12-13H,10-11,14H2,1-3H3,(H,25,27). The number of carbonyl (C=O) groups excluding carboxylic acids is 1. The van der Waals surface area contributed by atoms with Gasteiger partial charge in [-0.05, 0) is 52.7 Å². The van der Waals surface area contributed by atoms with Gasteiger partial charge in [0.2, 0.25) is 5.91 Å². The molecule has 0 radical (unpaired) electrons. The summed E-state index contributed by atoms with van der Waals surface area (Å²) < 4.78 is 13.5. The van der Waals surface area contributed by atoms with E-state index in [0.29, 0.717) is 36.0 Å². The van der Waals surface area contributed by atoms with Crippen LogP contribution in [0.3, 0.4) is 0 Å². The maximum Gasteiger partial charge on any atom is 0.226 e. The number of methoxy groups -OCH3 is 2. The minimum Gasteiger partial charge on any atom is -0.493 e. The Bertz CT molecular complexity index is 1020. The van der Waals surface area contributed by atoms with Crippen LogP contribution in [0.25, 0.3) is 0 Å². The summed E-state index contributed by atoms with van der Waals surface area (Å²) in [6.45, 7) is 2.44. The minimum atomic E-state index is -0.0354. The van der Waals surface area contributed by atoms with Gasteiger partial charge in [0.1, 0.15) is 5.82 Å². The molecule has 1 heterocycles. The van der Waals surface area contributed by atoms with E-state index in [2.05, 4.69) is 26.3 Å². The number of rotatable bonds is 9. The SMILES string of the molecule is COc1ccc(Cn2ncc(C)c2NC(=O)CCSc2ccccc2Br)cc1OC. The van der Waals surface area contributed by atoms with Crippen molar-refractivity contribution in [3.05, 3.63) is 64.3 Å². The predicted octanol–water partition coefficient (Wildman–Crippen LogP) is 5.14. The van der Waals surface area contributed by atoms with Crippen molar-refractivity contribution in [2.45, 2.75) is 24.8 Å². The van der Waals surface area contributed by atoms with Gasteiger partial charge < -0.3 is 14.8 Å². The molecule has 0 saturated carbocycles. The Labute approximate surface area is 189 Å². The summed E-state index contributed by atoms with van der Waals surface area (Å²) in [5.74, 6) is 2.70. The third-order valence-electron chi connectivity index (χ3n) is 4.48. The largest absolute Gasteiger partial charge is 0.493 e. The van der Waals surface area contributed by atoms with Crippen LogP contribution in [0.2, 0.25) is 0 Å². The maximum atomic E-state index is 12.5. The highest BCUT2D eigenvalue weighted by molar-refractivity contribution is 9.10. The molecule has 1 aromatic heterocycles. The fraction of sp³-hybridized carbons (Fsp3) is 0.273. The van der Waals surface area contributed by atoms with Crippen LogP contribution in [-0.2, 0) is 11.3 Å². The number of carbonyl (C=O) groups is 1. The van der Waals surface area contributed by atoms with Crippen LogP contribution in [0.4, 0.5) is 5.82 Å². The molecule has 2 aromatic carbocycles. The average Bonchev–Trinajstić information content (AvgIpc) is 3.08. The summed E-state index contributed by atoms with van der Waals surface area (Å²) in [4.78, 5) is 13.6. The number of aryl methyl sites for hydroxylation is 1. The van der Waals surface area contributed by atoms with Crippen molar-refractivity contribution in [3.63, 3.8) is 0 Å². The van der Waals surface area contributed by atoms with Gasteiger partial charge in [-0.25, -0.2) is 4.68 Å². The third-order valence-corrected chi connectivity index (χ3v) is 6.51. The number of nitrogens with one attached hydrogen (secondary N) is 1. The van der Waals surface area contributed by atoms with E-state index < -0.39 is 0 Å². The molecule has 0 aliphatic carbocycles. The molecule has 0 aliphatic heterocycles. The van der Waals surface area contributed by atoms with Crippen LogP contribution < -0.4 is 14.8 Å². The van der Waals surface area contributed by atoms with Gasteiger partial charge in [0.15, 0.2) is 11.5 Å². The molecule has 1 N–H and O–H groups in total. The number of amides is 1. The first kappa shape index (κ1) is 22.2. The Balaban J connectivity index is 1.63. The molecule has 30 heavy (non-hydrogen) atoms. The Kier molecular flexibility index (Phi) is 7.81. The Hall–Kier alpha value is -2.45. The van der Waals surface area contributed by atoms with Gasteiger partial charge in [-0.15, -0.1) is 11.8 Å². The number of aromatic nitrogens is 2. The second-order valence-electron chi connectivity index (χ2n) is 6.60. The van der Waals surface area contributed by atoms with Gasteiger partial charge in [0.05, 0.1) is 27.0 Å². The Morgan fingerprint density at radius 3 is 2.67 bits per heavy atom. The molecule has 0 bridgehead atoms. The van der Waals surface area contributed by atoms with Crippen LogP contribution >= 0.6 is 27.7 Å². The molecule has 6 nitrogen and oxygen atoms in total. The van der Waals surface area contributed by atoms with Crippen molar-refractivity contribution in [1.29, 1.82) is 0 Å². The van der Waals surface area contributed by atoms with E-state index in [4.69, 9.17) is 9.47 Å². The first-order valence-corrected chi connectivity index (χ1v) is 11.2. The quantitative estimate of drug-likeness (QED) is 0.421. The van der Waals surface area contributed by atoms with Crippen LogP contribution in [0.5, 0.6) is 11.5 Å². The monoisotopic (exact) mass is 489 g/mol. The summed E-state index contributed by atoms with van der Waals surface area (Å²) in [7, 11) is 3.22. The van der Waals surface area contributed by atoms with E-state index in [9.17, 15) is 4.79 Å². The summed E-state index contributed by atoms with van der Waals surface area (Å²) in [6.07, 6.45) is 2.17. The molecule has 3 rings (SSSR count). The second-order valence-corrected chi connectivity index (χ2v) is 8.59. The van der Waals surface area contributed by atoms with Crippen molar-refractivity contribution < 1.29 is 14.3 Å². The van der Waals surface area contributed by atoms with E-state index in [1.807, 2.05) is 49.4 Å². The normalized spacial score (nSPS) is 10.7. The number of halogens is 1. The first-order valence-electron chi connectivity index (χ1n) is 9.42. The van der Waals surface area contributed by atoms with E-state index >= 15 is 0 Å². The lowest BCUT2D eigenvalue weighted by molar-refractivity contribution is -0.115. The van der Waals surface area contributed by atoms with Gasteiger partial charge in [-0.2, -0.15) is 5.10 Å². The number of nitrogens with zero attached hydrogens (tertiary/aromatic N) is 2. The number of hydrogen-bond acceptors (Lipinski definition) is 5. The molecule has 0 fully saturated rings. The zero-order chi connectivity index (χ0) is 21.5. The predicted molar refractivity (Wildman–Crippen MR) is 124 cm³/mol. The van der Waals surface area contributed by atoms with E-state index in [-0.39, 0.29) is 5.91 Å². The molecule has 0 saturated heterocycles. The van der Waals surface area contributed by atoms with E-state index in [1.165, 1.54) is 0 Å². The molecule has 158 valence electrons. The van der Waals surface area contributed by atoms with Gasteiger partial charge in [0, 0.05) is 27.1 Å². The molecule has 0 spiro atoms. The molecule has 0 unspecified atom stereocenters. The highest BCUT2D eigenvalue weighted by Gasteiger charge is 2.13. The average molecular weight is 490 g/mol. The van der Waals surface area contributed by atoms with Crippen molar-refractivity contribution in [1.82, 2.24) is 9.78 Å². The van der Waals surface area contributed by atoms with Gasteiger partial charge in [-0.3, -0.25) is 4.79 Å². The fourth-order valence-electron chi connectivity index (χ4n) is 2.92. The van der Waals surface area contributed by atoms with Gasteiger partial charge in [-0.1, -0.05) is 18.2 Å². The lowest BCUT2D eigenvalue weighted by atomic mass is 10.2. The summed E-state index contributed by atoms with van der Waals surface area (Å²) in [5.41, 5.74) is 1.91. The van der Waals surface area contributed by atoms with Crippen molar-refractivity contribution in [2.75, 3.05) is 25.3 Å². The van der Waals surface area contributed by atoms with Crippen molar-refractivity contribution in [3.8, 4) is 11.5 Å². The zero-order valence-electron chi connectivity index (χ0n) is 17.1. The smallest absolute Gasteiger partial charge is 0.226 e. The van der Waals surface area contributed by atoms with E-state index in [0.717, 1.165) is 20.5 Å². The molecule has 8 heteroatoms. The molecule has 0 atom stereocenters. The van der Waals surface area contributed by atoms with Crippen molar-refractivity contribution in [2.24, 2.45) is 0 Å². The lowest BCUT2D eigenvalue weighted by Gasteiger charge is -2.12. The van der Waals surface area contributed by atoms with Crippen LogP contribution in [0.1, 0.15) is 17.5 Å². The first-order chi connectivity index (χ1) is 14.5. The molecular weight excluding hydrogens is 466 g/mol. The second kappa shape index (κ2) is 10.5. The fourth-order valence-corrected chi connectivity index (χ4v) is 4.44. The summed E-state index contributed by atoms with van der Waals surface area (Å²) >= 11 is 5.18. The number of anilines is 1. The molecule has 3 aromatic rings. The van der Waals surface area contributed by atoms with Crippen molar-refractivity contribution >= 4 is 39.4 Å². The number of hydrogen-bond donors (Lipinski definition) is 1.